The Morgan fingerprint density at radius 2 is 1.79 bits per heavy atom. The highest BCUT2D eigenvalue weighted by molar-refractivity contribution is 5.80. The summed E-state index contributed by atoms with van der Waals surface area (Å²) in [4.78, 5) is 13.1. The van der Waals surface area contributed by atoms with Crippen LogP contribution in [0.5, 0.6) is 11.5 Å². The van der Waals surface area contributed by atoms with E-state index in [9.17, 15) is 4.79 Å². The number of benzene rings is 2. The molecule has 2 aliphatic rings. The Morgan fingerprint density at radius 1 is 1.00 bits per heavy atom. The number of nitrogens with one attached hydrogen (secondary N) is 1. The first-order valence-electron chi connectivity index (χ1n) is 10.1. The third-order valence-corrected chi connectivity index (χ3v) is 5.42. The second-order valence-corrected chi connectivity index (χ2v) is 7.44. The predicted octanol–water partition coefficient (Wildman–Crippen LogP) is 4.19. The first kappa shape index (κ1) is 18.8. The van der Waals surface area contributed by atoms with Gasteiger partial charge in [0.15, 0.2) is 11.5 Å². The molecule has 1 amide bonds. The van der Waals surface area contributed by atoms with E-state index in [2.05, 4.69) is 5.32 Å². The molecular formula is C23H27NO4. The standard InChI is InChI=1S/C23H27NO4/c1-16(18-10-11-20-21(15-18)27-14-6-13-26-20)24-23(25)19-9-5-12-28-22(19)17-7-3-2-4-8-17/h2-4,7-8,10-11,15-16,19,22H,5-6,9,12-14H2,1H3,(H,24,25). The van der Waals surface area contributed by atoms with Gasteiger partial charge in [-0.2, -0.15) is 0 Å². The molecule has 3 atom stereocenters. The number of carbonyl (C=O) groups is 1. The van der Waals surface area contributed by atoms with Crippen LogP contribution in [0.4, 0.5) is 0 Å². The van der Waals surface area contributed by atoms with Gasteiger partial charge >= 0.3 is 0 Å². The van der Waals surface area contributed by atoms with E-state index in [4.69, 9.17) is 14.2 Å². The van der Waals surface area contributed by atoms with Gasteiger partial charge < -0.3 is 19.5 Å². The summed E-state index contributed by atoms with van der Waals surface area (Å²) in [5.41, 5.74) is 2.07. The molecule has 5 heteroatoms. The molecular weight excluding hydrogens is 354 g/mol. The van der Waals surface area contributed by atoms with E-state index < -0.39 is 0 Å². The van der Waals surface area contributed by atoms with E-state index in [0.717, 1.165) is 41.9 Å². The molecule has 4 rings (SSSR count). The lowest BCUT2D eigenvalue weighted by Gasteiger charge is -2.32. The Morgan fingerprint density at radius 3 is 2.61 bits per heavy atom. The van der Waals surface area contributed by atoms with Gasteiger partial charge in [-0.25, -0.2) is 0 Å². The maximum absolute atomic E-state index is 13.1. The van der Waals surface area contributed by atoms with Crippen molar-refractivity contribution in [2.24, 2.45) is 5.92 Å². The maximum atomic E-state index is 13.1. The van der Waals surface area contributed by atoms with E-state index >= 15 is 0 Å². The number of hydrogen-bond acceptors (Lipinski definition) is 4. The molecule has 0 saturated carbocycles. The van der Waals surface area contributed by atoms with Gasteiger partial charge in [0.05, 0.1) is 31.3 Å². The molecule has 0 spiro atoms. The average Bonchev–Trinajstić information content (AvgIpc) is 2.99. The van der Waals surface area contributed by atoms with Crippen molar-refractivity contribution >= 4 is 5.91 Å². The summed E-state index contributed by atoms with van der Waals surface area (Å²) in [5.74, 6) is 1.37. The molecule has 2 heterocycles. The minimum absolute atomic E-state index is 0.0353. The fourth-order valence-corrected chi connectivity index (χ4v) is 3.87. The normalized spacial score (nSPS) is 22.8. The number of carbonyl (C=O) groups excluding carboxylic acids is 1. The summed E-state index contributed by atoms with van der Waals surface area (Å²) in [5, 5.41) is 3.17. The van der Waals surface area contributed by atoms with Crippen molar-refractivity contribution in [1.82, 2.24) is 5.32 Å². The van der Waals surface area contributed by atoms with Gasteiger partial charge in [-0.1, -0.05) is 36.4 Å². The van der Waals surface area contributed by atoms with Crippen molar-refractivity contribution in [2.75, 3.05) is 19.8 Å². The van der Waals surface area contributed by atoms with Gasteiger partial charge in [0.25, 0.3) is 0 Å². The minimum Gasteiger partial charge on any atom is -0.490 e. The topological polar surface area (TPSA) is 56.8 Å². The smallest absolute Gasteiger partial charge is 0.226 e. The highest BCUT2D eigenvalue weighted by atomic mass is 16.5. The molecule has 2 aromatic carbocycles. The first-order valence-corrected chi connectivity index (χ1v) is 10.1. The summed E-state index contributed by atoms with van der Waals surface area (Å²) in [6, 6.07) is 15.8. The predicted molar refractivity (Wildman–Crippen MR) is 106 cm³/mol. The molecule has 1 N–H and O–H groups in total. The van der Waals surface area contributed by atoms with Gasteiger partial charge in [0, 0.05) is 13.0 Å². The number of hydrogen-bond donors (Lipinski definition) is 1. The van der Waals surface area contributed by atoms with E-state index in [0.29, 0.717) is 19.8 Å². The third kappa shape index (κ3) is 4.14. The van der Waals surface area contributed by atoms with Crippen LogP contribution in [-0.2, 0) is 9.53 Å². The monoisotopic (exact) mass is 381 g/mol. The van der Waals surface area contributed by atoms with Crippen LogP contribution < -0.4 is 14.8 Å². The fraction of sp³-hybridized carbons (Fsp3) is 0.435. The zero-order valence-corrected chi connectivity index (χ0v) is 16.2. The number of amides is 1. The number of ether oxygens (including phenoxy) is 3. The Bertz CT molecular complexity index is 808. The molecule has 1 saturated heterocycles. The van der Waals surface area contributed by atoms with Crippen LogP contribution in [0.15, 0.2) is 48.5 Å². The molecule has 1 fully saturated rings. The molecule has 0 aliphatic carbocycles. The van der Waals surface area contributed by atoms with Gasteiger partial charge in [-0.05, 0) is 43.0 Å². The highest BCUT2D eigenvalue weighted by Crippen LogP contribution is 2.35. The Labute approximate surface area is 166 Å². The second kappa shape index (κ2) is 8.65. The van der Waals surface area contributed by atoms with Crippen LogP contribution in [-0.4, -0.2) is 25.7 Å². The molecule has 2 aromatic rings. The van der Waals surface area contributed by atoms with E-state index in [-0.39, 0.29) is 24.0 Å². The van der Waals surface area contributed by atoms with Crippen LogP contribution in [0.3, 0.4) is 0 Å². The SMILES string of the molecule is CC(NC(=O)C1CCCOC1c1ccccc1)c1ccc2c(c1)OCCCO2. The fourth-order valence-electron chi connectivity index (χ4n) is 3.87. The molecule has 3 unspecified atom stereocenters. The Kier molecular flexibility index (Phi) is 5.81. The largest absolute Gasteiger partial charge is 0.490 e. The molecule has 0 bridgehead atoms. The van der Waals surface area contributed by atoms with Crippen LogP contribution in [0.2, 0.25) is 0 Å². The summed E-state index contributed by atoms with van der Waals surface area (Å²) >= 11 is 0. The van der Waals surface area contributed by atoms with Crippen molar-refractivity contribution < 1.29 is 19.0 Å². The molecule has 28 heavy (non-hydrogen) atoms. The molecule has 0 radical (unpaired) electrons. The lowest BCUT2D eigenvalue weighted by Crippen LogP contribution is -2.38. The lowest BCUT2D eigenvalue weighted by atomic mass is 9.88. The van der Waals surface area contributed by atoms with E-state index in [1.807, 2.05) is 55.5 Å². The van der Waals surface area contributed by atoms with E-state index in [1.54, 1.807) is 0 Å². The van der Waals surface area contributed by atoms with Gasteiger partial charge in [0.2, 0.25) is 5.91 Å². The maximum Gasteiger partial charge on any atom is 0.226 e. The second-order valence-electron chi connectivity index (χ2n) is 7.44. The molecule has 2 aliphatic heterocycles. The van der Waals surface area contributed by atoms with Crippen LogP contribution in [0, 0.1) is 5.92 Å². The van der Waals surface area contributed by atoms with Crippen molar-refractivity contribution in [3.63, 3.8) is 0 Å². The zero-order chi connectivity index (χ0) is 19.3. The van der Waals surface area contributed by atoms with Crippen LogP contribution in [0.1, 0.15) is 49.5 Å². The lowest BCUT2D eigenvalue weighted by molar-refractivity contribution is -0.135. The summed E-state index contributed by atoms with van der Waals surface area (Å²) < 4.78 is 17.4. The van der Waals surface area contributed by atoms with Gasteiger partial charge in [0.1, 0.15) is 0 Å². The van der Waals surface area contributed by atoms with Crippen LogP contribution >= 0.6 is 0 Å². The quantitative estimate of drug-likeness (QED) is 0.863. The van der Waals surface area contributed by atoms with E-state index in [1.165, 1.54) is 0 Å². The molecule has 148 valence electrons. The highest BCUT2D eigenvalue weighted by Gasteiger charge is 2.33. The minimum atomic E-state index is -0.189. The third-order valence-electron chi connectivity index (χ3n) is 5.42. The van der Waals surface area contributed by atoms with Gasteiger partial charge in [-0.15, -0.1) is 0 Å². The number of rotatable bonds is 4. The number of fused-ring (bicyclic) bond motifs is 1. The van der Waals surface area contributed by atoms with Gasteiger partial charge in [-0.3, -0.25) is 4.79 Å². The summed E-state index contributed by atoms with van der Waals surface area (Å²) in [6.07, 6.45) is 2.42. The Hall–Kier alpha value is -2.53. The molecule has 0 aromatic heterocycles. The average molecular weight is 381 g/mol. The Balaban J connectivity index is 1.47. The summed E-state index contributed by atoms with van der Waals surface area (Å²) in [6.45, 7) is 4.01. The first-order chi connectivity index (χ1) is 13.7. The van der Waals surface area contributed by atoms with Crippen molar-refractivity contribution in [3.8, 4) is 11.5 Å². The van der Waals surface area contributed by atoms with Crippen molar-refractivity contribution in [3.05, 3.63) is 59.7 Å². The molecule has 5 nitrogen and oxygen atoms in total. The zero-order valence-electron chi connectivity index (χ0n) is 16.2. The summed E-state index contributed by atoms with van der Waals surface area (Å²) in [7, 11) is 0. The van der Waals surface area contributed by atoms with Crippen molar-refractivity contribution in [2.45, 2.75) is 38.3 Å². The van der Waals surface area contributed by atoms with Crippen molar-refractivity contribution in [1.29, 1.82) is 0 Å². The van der Waals surface area contributed by atoms with Crippen LogP contribution in [0.25, 0.3) is 0 Å².